The zero-order valence-electron chi connectivity index (χ0n) is 24.9. The fraction of sp³-hybridized carbons (Fsp3) is 0.529. The molecular formula is C34H45N3O5. The summed E-state index contributed by atoms with van der Waals surface area (Å²) in [5.41, 5.74) is 3.59. The maximum atomic E-state index is 11.2. The van der Waals surface area contributed by atoms with Crippen LogP contribution in [0.5, 0.6) is 11.5 Å². The highest BCUT2D eigenvalue weighted by Crippen LogP contribution is 2.33. The molecule has 0 amide bonds. The van der Waals surface area contributed by atoms with Crippen molar-refractivity contribution in [2.24, 2.45) is 5.92 Å². The molecule has 2 aromatic heterocycles. The fourth-order valence-corrected chi connectivity index (χ4v) is 6.71. The fourth-order valence-electron chi connectivity index (χ4n) is 6.71. The molecule has 2 aliphatic rings. The lowest BCUT2D eigenvalue weighted by Gasteiger charge is -2.39. The molecule has 226 valence electrons. The zero-order valence-corrected chi connectivity index (χ0v) is 24.9. The van der Waals surface area contributed by atoms with E-state index < -0.39 is 5.60 Å². The number of hydrogen-bond donors (Lipinski definition) is 4. The quantitative estimate of drug-likeness (QED) is 0.190. The number of rotatable bonds is 11. The monoisotopic (exact) mass is 575 g/mol. The van der Waals surface area contributed by atoms with Gasteiger partial charge in [-0.15, -0.1) is 0 Å². The van der Waals surface area contributed by atoms with Gasteiger partial charge in [-0.2, -0.15) is 0 Å². The van der Waals surface area contributed by atoms with E-state index in [4.69, 9.17) is 13.9 Å². The first kappa shape index (κ1) is 29.1. The number of nitrogens with zero attached hydrogens (tertiary/aromatic N) is 1. The predicted molar refractivity (Wildman–Crippen MR) is 165 cm³/mol. The molecule has 2 aromatic carbocycles. The lowest BCUT2D eigenvalue weighted by Crippen LogP contribution is -2.46. The first-order valence-electron chi connectivity index (χ1n) is 15.5. The van der Waals surface area contributed by atoms with Gasteiger partial charge in [-0.25, -0.2) is 0 Å². The summed E-state index contributed by atoms with van der Waals surface area (Å²) in [5, 5.41) is 27.1. The number of methoxy groups -OCH3 is 1. The SMILES string of the molecule is COc1ccc2c(CCOc3cccc4[nH]c(CNC5CCC(O)(CCN6CC[C@H](O)[C@@H](C)C6)CC5)cc34)coc2c1. The molecule has 1 saturated carbocycles. The molecule has 42 heavy (non-hydrogen) atoms. The van der Waals surface area contributed by atoms with Gasteiger partial charge in [0.2, 0.25) is 0 Å². The number of aliphatic hydroxyl groups is 2. The summed E-state index contributed by atoms with van der Waals surface area (Å²) in [6, 6.07) is 14.6. The average Bonchev–Trinajstić information content (AvgIpc) is 3.61. The minimum atomic E-state index is -0.569. The highest BCUT2D eigenvalue weighted by Gasteiger charge is 2.34. The number of likely N-dealkylation sites (tertiary alicyclic amines) is 1. The molecule has 2 atom stereocenters. The van der Waals surface area contributed by atoms with E-state index in [9.17, 15) is 10.2 Å². The lowest BCUT2D eigenvalue weighted by atomic mass is 9.80. The Balaban J connectivity index is 0.976. The highest BCUT2D eigenvalue weighted by molar-refractivity contribution is 5.86. The van der Waals surface area contributed by atoms with Crippen LogP contribution >= 0.6 is 0 Å². The zero-order chi connectivity index (χ0) is 29.1. The third-order valence-electron chi connectivity index (χ3n) is 9.51. The maximum absolute atomic E-state index is 11.2. The third kappa shape index (κ3) is 6.62. The van der Waals surface area contributed by atoms with E-state index in [1.54, 1.807) is 13.4 Å². The second kappa shape index (κ2) is 12.7. The summed E-state index contributed by atoms with van der Waals surface area (Å²) in [4.78, 5) is 5.96. The molecule has 0 spiro atoms. The van der Waals surface area contributed by atoms with E-state index in [0.717, 1.165) is 116 Å². The van der Waals surface area contributed by atoms with E-state index in [0.29, 0.717) is 18.6 Å². The van der Waals surface area contributed by atoms with E-state index in [1.165, 1.54) is 0 Å². The van der Waals surface area contributed by atoms with Crippen LogP contribution in [0, 0.1) is 5.92 Å². The molecule has 1 aliphatic carbocycles. The van der Waals surface area contributed by atoms with E-state index >= 15 is 0 Å². The number of furan rings is 1. The van der Waals surface area contributed by atoms with Crippen LogP contribution in [0.3, 0.4) is 0 Å². The van der Waals surface area contributed by atoms with Crippen molar-refractivity contribution in [3.05, 3.63) is 60.0 Å². The molecule has 4 aromatic rings. The van der Waals surface area contributed by atoms with Crippen LogP contribution in [0.15, 0.2) is 53.1 Å². The third-order valence-corrected chi connectivity index (χ3v) is 9.51. The largest absolute Gasteiger partial charge is 0.497 e. The summed E-state index contributed by atoms with van der Waals surface area (Å²) < 4.78 is 17.3. The molecule has 8 heteroatoms. The predicted octanol–water partition coefficient (Wildman–Crippen LogP) is 5.40. The summed E-state index contributed by atoms with van der Waals surface area (Å²) in [7, 11) is 1.66. The lowest BCUT2D eigenvalue weighted by molar-refractivity contribution is -0.0276. The Morgan fingerprint density at radius 3 is 2.79 bits per heavy atom. The summed E-state index contributed by atoms with van der Waals surface area (Å²) >= 11 is 0. The van der Waals surface area contributed by atoms with E-state index in [1.807, 2.05) is 30.3 Å². The molecule has 2 fully saturated rings. The number of aromatic nitrogens is 1. The molecular weight excluding hydrogens is 530 g/mol. The average molecular weight is 576 g/mol. The number of aromatic amines is 1. The Morgan fingerprint density at radius 2 is 1.98 bits per heavy atom. The number of piperidine rings is 1. The van der Waals surface area contributed by atoms with Crippen LogP contribution in [0.25, 0.3) is 21.9 Å². The Morgan fingerprint density at radius 1 is 1.12 bits per heavy atom. The number of nitrogens with one attached hydrogen (secondary N) is 2. The van der Waals surface area contributed by atoms with Crippen molar-refractivity contribution >= 4 is 21.9 Å². The van der Waals surface area contributed by atoms with Crippen LogP contribution in [-0.4, -0.2) is 71.2 Å². The number of benzene rings is 2. The van der Waals surface area contributed by atoms with E-state index in [-0.39, 0.29) is 6.10 Å². The van der Waals surface area contributed by atoms with Crippen molar-refractivity contribution in [3.8, 4) is 11.5 Å². The van der Waals surface area contributed by atoms with Gasteiger partial charge in [0, 0.05) is 72.3 Å². The van der Waals surface area contributed by atoms with Crippen molar-refractivity contribution in [2.45, 2.75) is 76.2 Å². The summed E-state index contributed by atoms with van der Waals surface area (Å²) in [5.74, 6) is 1.98. The topological polar surface area (TPSA) is 103 Å². The van der Waals surface area contributed by atoms with Crippen molar-refractivity contribution in [1.82, 2.24) is 15.2 Å². The normalized spacial score (nSPS) is 25.3. The van der Waals surface area contributed by atoms with Gasteiger partial charge in [-0.3, -0.25) is 0 Å². The Hall–Kier alpha value is -3.04. The Bertz CT molecular complexity index is 1470. The molecule has 8 nitrogen and oxygen atoms in total. The maximum Gasteiger partial charge on any atom is 0.137 e. The molecule has 4 N–H and O–H groups in total. The second-order valence-corrected chi connectivity index (χ2v) is 12.5. The minimum absolute atomic E-state index is 0.179. The molecule has 0 radical (unpaired) electrons. The van der Waals surface area contributed by atoms with Gasteiger partial charge in [0.05, 0.1) is 31.7 Å². The van der Waals surface area contributed by atoms with E-state index in [2.05, 4.69) is 34.3 Å². The van der Waals surface area contributed by atoms with Gasteiger partial charge in [-0.05, 0) is 74.8 Å². The second-order valence-electron chi connectivity index (χ2n) is 12.5. The first-order valence-corrected chi connectivity index (χ1v) is 15.5. The van der Waals surface area contributed by atoms with Crippen LogP contribution in [-0.2, 0) is 13.0 Å². The number of H-pyrrole nitrogens is 1. The Kier molecular flexibility index (Phi) is 8.77. The van der Waals surface area contributed by atoms with Crippen molar-refractivity contribution < 1.29 is 24.1 Å². The van der Waals surface area contributed by atoms with Crippen LogP contribution in [0.1, 0.15) is 56.7 Å². The standard InChI is InChI=1S/C34H45N3O5/c1-23-21-37(15-10-31(23)38)16-14-34(39)12-8-25(9-13-34)35-20-26-18-29-30(36-26)4-3-5-32(29)41-17-11-24-22-42-33-19-27(40-2)6-7-28(24)33/h3-7,18-19,22-23,25,31,35-36,38-39H,8-17,20-21H2,1-2H3/t23-,25?,31-,34?/m0/s1. The molecule has 1 saturated heterocycles. The van der Waals surface area contributed by atoms with Gasteiger partial charge in [0.15, 0.2) is 0 Å². The van der Waals surface area contributed by atoms with Gasteiger partial charge in [-0.1, -0.05) is 13.0 Å². The number of aliphatic hydroxyl groups excluding tert-OH is 1. The van der Waals surface area contributed by atoms with Crippen LogP contribution in [0.2, 0.25) is 0 Å². The highest BCUT2D eigenvalue weighted by atomic mass is 16.5. The summed E-state index contributed by atoms with van der Waals surface area (Å²) in [6.07, 6.45) is 7.67. The Labute approximate surface area is 248 Å². The smallest absolute Gasteiger partial charge is 0.137 e. The molecule has 3 heterocycles. The van der Waals surface area contributed by atoms with Gasteiger partial charge < -0.3 is 39.3 Å². The molecule has 0 bridgehead atoms. The number of fused-ring (bicyclic) bond motifs is 2. The van der Waals surface area contributed by atoms with Crippen molar-refractivity contribution in [1.29, 1.82) is 0 Å². The van der Waals surface area contributed by atoms with Crippen molar-refractivity contribution in [3.63, 3.8) is 0 Å². The van der Waals surface area contributed by atoms with Gasteiger partial charge in [0.1, 0.15) is 17.1 Å². The van der Waals surface area contributed by atoms with Crippen molar-refractivity contribution in [2.75, 3.05) is 33.4 Å². The first-order chi connectivity index (χ1) is 20.4. The molecule has 0 unspecified atom stereocenters. The summed E-state index contributed by atoms with van der Waals surface area (Å²) in [6.45, 7) is 6.21. The minimum Gasteiger partial charge on any atom is -0.497 e. The molecule has 6 rings (SSSR count). The number of ether oxygens (including phenoxy) is 2. The van der Waals surface area contributed by atoms with Gasteiger partial charge in [0.25, 0.3) is 0 Å². The number of hydrogen-bond acceptors (Lipinski definition) is 7. The van der Waals surface area contributed by atoms with Crippen LogP contribution < -0.4 is 14.8 Å². The van der Waals surface area contributed by atoms with Gasteiger partial charge >= 0.3 is 0 Å². The van der Waals surface area contributed by atoms with Crippen LogP contribution in [0.4, 0.5) is 0 Å². The molecule has 1 aliphatic heterocycles.